The average Bonchev–Trinajstić information content (AvgIpc) is 2.31. The quantitative estimate of drug-likeness (QED) is 0.759. The number of aryl methyl sites for hydroxylation is 1. The highest BCUT2D eigenvalue weighted by molar-refractivity contribution is 6.32. The Morgan fingerprint density at radius 2 is 2.25 bits per heavy atom. The number of nitriles is 1. The summed E-state index contributed by atoms with van der Waals surface area (Å²) in [5.41, 5.74) is 2.04. The minimum Gasteiger partial charge on any atom is -0.469 e. The number of esters is 1. The van der Waals surface area contributed by atoms with Gasteiger partial charge in [-0.25, -0.2) is 0 Å². The molecule has 84 valence electrons. The SMILES string of the molecule is CCc1ccc(C#N)c(Cl)c1CC(=O)OC. The summed E-state index contributed by atoms with van der Waals surface area (Å²) in [6, 6.07) is 5.48. The Morgan fingerprint density at radius 3 is 2.75 bits per heavy atom. The topological polar surface area (TPSA) is 50.1 Å². The molecule has 0 unspecified atom stereocenters. The molecular formula is C12H12ClNO2. The zero-order chi connectivity index (χ0) is 12.1. The van der Waals surface area contributed by atoms with E-state index in [1.807, 2.05) is 19.1 Å². The van der Waals surface area contributed by atoms with E-state index < -0.39 is 0 Å². The third-order valence-electron chi connectivity index (χ3n) is 2.39. The van der Waals surface area contributed by atoms with Crippen LogP contribution in [0, 0.1) is 11.3 Å². The van der Waals surface area contributed by atoms with Crippen molar-refractivity contribution in [3.05, 3.63) is 33.8 Å². The van der Waals surface area contributed by atoms with Gasteiger partial charge >= 0.3 is 5.97 Å². The van der Waals surface area contributed by atoms with Crippen molar-refractivity contribution in [3.8, 4) is 6.07 Å². The molecule has 0 aliphatic carbocycles. The van der Waals surface area contributed by atoms with Gasteiger partial charge < -0.3 is 4.74 Å². The Hall–Kier alpha value is -1.53. The Morgan fingerprint density at radius 1 is 1.56 bits per heavy atom. The van der Waals surface area contributed by atoms with Crippen LogP contribution in [-0.2, 0) is 22.4 Å². The minimum absolute atomic E-state index is 0.105. The van der Waals surface area contributed by atoms with E-state index >= 15 is 0 Å². The summed E-state index contributed by atoms with van der Waals surface area (Å²) < 4.78 is 4.60. The molecule has 1 aromatic carbocycles. The maximum Gasteiger partial charge on any atom is 0.310 e. The molecule has 4 heteroatoms. The normalized spacial score (nSPS) is 9.62. The van der Waals surface area contributed by atoms with Gasteiger partial charge in [-0.3, -0.25) is 4.79 Å². The maximum atomic E-state index is 11.2. The van der Waals surface area contributed by atoms with Crippen molar-refractivity contribution in [2.24, 2.45) is 0 Å². The van der Waals surface area contributed by atoms with Crippen molar-refractivity contribution < 1.29 is 9.53 Å². The first kappa shape index (κ1) is 12.5. The molecule has 0 aliphatic rings. The largest absolute Gasteiger partial charge is 0.469 e. The molecule has 0 heterocycles. The Kier molecular flexibility index (Phi) is 4.33. The van der Waals surface area contributed by atoms with Crippen molar-refractivity contribution in [2.75, 3.05) is 7.11 Å². The van der Waals surface area contributed by atoms with E-state index in [1.54, 1.807) is 6.07 Å². The molecule has 3 nitrogen and oxygen atoms in total. The number of benzene rings is 1. The molecule has 0 aromatic heterocycles. The van der Waals surface area contributed by atoms with Gasteiger partial charge in [-0.2, -0.15) is 5.26 Å². The highest BCUT2D eigenvalue weighted by Crippen LogP contribution is 2.25. The molecule has 0 fully saturated rings. The smallest absolute Gasteiger partial charge is 0.310 e. The summed E-state index contributed by atoms with van der Waals surface area (Å²) >= 11 is 6.06. The molecule has 0 atom stereocenters. The fraction of sp³-hybridized carbons (Fsp3) is 0.333. The van der Waals surface area contributed by atoms with Crippen molar-refractivity contribution in [1.82, 2.24) is 0 Å². The third-order valence-corrected chi connectivity index (χ3v) is 2.82. The van der Waals surface area contributed by atoms with E-state index in [0.717, 1.165) is 12.0 Å². The molecular weight excluding hydrogens is 226 g/mol. The van der Waals surface area contributed by atoms with Crippen LogP contribution in [0.5, 0.6) is 0 Å². The van der Waals surface area contributed by atoms with Crippen LogP contribution in [0.2, 0.25) is 5.02 Å². The fourth-order valence-electron chi connectivity index (χ4n) is 1.49. The lowest BCUT2D eigenvalue weighted by Gasteiger charge is -2.10. The highest BCUT2D eigenvalue weighted by atomic mass is 35.5. The van der Waals surface area contributed by atoms with Gasteiger partial charge in [0, 0.05) is 0 Å². The number of ether oxygens (including phenoxy) is 1. The zero-order valence-corrected chi connectivity index (χ0v) is 9.97. The third kappa shape index (κ3) is 2.53. The lowest BCUT2D eigenvalue weighted by atomic mass is 9.99. The van der Waals surface area contributed by atoms with Crippen LogP contribution < -0.4 is 0 Å². The molecule has 0 radical (unpaired) electrons. The molecule has 0 saturated carbocycles. The number of halogens is 1. The van der Waals surface area contributed by atoms with E-state index in [2.05, 4.69) is 4.74 Å². The highest BCUT2D eigenvalue weighted by Gasteiger charge is 2.14. The first-order chi connectivity index (χ1) is 7.63. The van der Waals surface area contributed by atoms with E-state index in [4.69, 9.17) is 16.9 Å². The van der Waals surface area contributed by atoms with E-state index in [1.165, 1.54) is 7.11 Å². The predicted molar refractivity (Wildman–Crippen MR) is 61.3 cm³/mol. The summed E-state index contributed by atoms with van der Waals surface area (Å²) in [6.07, 6.45) is 0.867. The van der Waals surface area contributed by atoms with E-state index in [9.17, 15) is 4.79 Å². The summed E-state index contributed by atoms with van der Waals surface area (Å²) in [6.45, 7) is 1.97. The lowest BCUT2D eigenvalue weighted by Crippen LogP contribution is -2.08. The van der Waals surface area contributed by atoms with Crippen molar-refractivity contribution in [2.45, 2.75) is 19.8 Å². The zero-order valence-electron chi connectivity index (χ0n) is 9.21. The average molecular weight is 238 g/mol. The molecule has 1 aromatic rings. The molecule has 16 heavy (non-hydrogen) atoms. The standard InChI is InChI=1S/C12H12ClNO2/c1-3-8-4-5-9(7-14)12(13)10(8)6-11(15)16-2/h4-5H,3,6H2,1-2H3. The molecule has 1 rings (SSSR count). The van der Waals surface area contributed by atoms with Gasteiger partial charge in [0.1, 0.15) is 6.07 Å². The molecule has 0 bridgehead atoms. The Bertz CT molecular complexity index is 449. The van der Waals surface area contributed by atoms with Gasteiger partial charge in [0.05, 0.1) is 24.1 Å². The number of nitrogens with zero attached hydrogens (tertiary/aromatic N) is 1. The second-order valence-electron chi connectivity index (χ2n) is 3.28. The second kappa shape index (κ2) is 5.53. The van der Waals surface area contributed by atoms with Gasteiger partial charge in [0.25, 0.3) is 0 Å². The van der Waals surface area contributed by atoms with Crippen LogP contribution in [-0.4, -0.2) is 13.1 Å². The summed E-state index contributed by atoms with van der Waals surface area (Å²) in [4.78, 5) is 11.2. The number of carbonyl (C=O) groups is 1. The number of carbonyl (C=O) groups excluding carboxylic acids is 1. The van der Waals surface area contributed by atoms with Crippen LogP contribution in [0.4, 0.5) is 0 Å². The monoisotopic (exact) mass is 237 g/mol. The van der Waals surface area contributed by atoms with Gasteiger partial charge in [0.2, 0.25) is 0 Å². The molecule has 0 spiro atoms. The Balaban J connectivity index is 3.22. The minimum atomic E-state index is -0.355. The first-order valence-corrected chi connectivity index (χ1v) is 5.29. The van der Waals surface area contributed by atoms with E-state index in [-0.39, 0.29) is 12.4 Å². The number of rotatable bonds is 3. The molecule has 0 aliphatic heterocycles. The van der Waals surface area contributed by atoms with Crippen molar-refractivity contribution in [1.29, 1.82) is 5.26 Å². The summed E-state index contributed by atoms with van der Waals surface area (Å²) in [7, 11) is 1.33. The van der Waals surface area contributed by atoms with Gasteiger partial charge in [-0.15, -0.1) is 0 Å². The molecule has 0 N–H and O–H groups in total. The van der Waals surface area contributed by atoms with Gasteiger partial charge in [0.15, 0.2) is 0 Å². The van der Waals surface area contributed by atoms with Crippen LogP contribution in [0.25, 0.3) is 0 Å². The molecule has 0 amide bonds. The van der Waals surface area contributed by atoms with Crippen molar-refractivity contribution in [3.63, 3.8) is 0 Å². The summed E-state index contributed by atoms with van der Waals surface area (Å²) in [5.74, 6) is -0.355. The lowest BCUT2D eigenvalue weighted by molar-refractivity contribution is -0.139. The summed E-state index contributed by atoms with van der Waals surface area (Å²) in [5, 5.41) is 9.20. The van der Waals surface area contributed by atoms with Crippen LogP contribution in [0.15, 0.2) is 12.1 Å². The number of hydrogen-bond donors (Lipinski definition) is 0. The maximum absolute atomic E-state index is 11.2. The fourth-order valence-corrected chi connectivity index (χ4v) is 1.78. The van der Waals surface area contributed by atoms with Crippen molar-refractivity contribution >= 4 is 17.6 Å². The second-order valence-corrected chi connectivity index (χ2v) is 3.66. The molecule has 0 saturated heterocycles. The van der Waals surface area contributed by atoms with Crippen LogP contribution >= 0.6 is 11.6 Å². The van der Waals surface area contributed by atoms with Crippen LogP contribution in [0.1, 0.15) is 23.6 Å². The number of methoxy groups -OCH3 is 1. The van der Waals surface area contributed by atoms with Crippen LogP contribution in [0.3, 0.4) is 0 Å². The Labute approximate surface area is 99.6 Å². The van der Waals surface area contributed by atoms with Gasteiger partial charge in [-0.05, 0) is 23.6 Å². The van der Waals surface area contributed by atoms with E-state index in [0.29, 0.717) is 16.1 Å². The van der Waals surface area contributed by atoms with Gasteiger partial charge in [-0.1, -0.05) is 24.6 Å². The number of hydrogen-bond acceptors (Lipinski definition) is 3. The first-order valence-electron chi connectivity index (χ1n) is 4.91. The predicted octanol–water partition coefficient (Wildman–Crippen LogP) is 2.49.